The van der Waals surface area contributed by atoms with Crippen LogP contribution in [0, 0.1) is 12.8 Å². The van der Waals surface area contributed by atoms with E-state index in [2.05, 4.69) is 25.8 Å². The van der Waals surface area contributed by atoms with Crippen molar-refractivity contribution in [1.82, 2.24) is 20.5 Å². The smallest absolute Gasteiger partial charge is 0.243 e. The molecular weight excluding hydrogens is 390 g/mol. The number of ether oxygens (including phenoxy) is 1. The van der Waals surface area contributed by atoms with Crippen molar-refractivity contribution in [1.29, 1.82) is 0 Å². The van der Waals surface area contributed by atoms with Crippen LogP contribution in [0.5, 0.6) is 5.75 Å². The molecule has 1 heterocycles. The van der Waals surface area contributed by atoms with Crippen LogP contribution in [0.2, 0.25) is 0 Å². The molecule has 9 heteroatoms. The number of anilines is 1. The Morgan fingerprint density at radius 3 is 2.83 bits per heavy atom. The van der Waals surface area contributed by atoms with E-state index in [1.807, 2.05) is 19.1 Å². The van der Waals surface area contributed by atoms with Gasteiger partial charge in [-0.15, -0.1) is 5.10 Å². The van der Waals surface area contributed by atoms with Gasteiger partial charge in [0, 0.05) is 6.42 Å². The standard InChI is InChI=1S/C20H27N5O3S/c1-13-7-8-16(28-2)15(9-13)22-18(26)11-21-19(27)12-29-20-23-17(24-25-20)10-14-5-3-4-6-14/h7-9,14H,3-6,10-12H2,1-2H3,(H,21,27)(H,22,26)(H,23,24,25). The van der Waals surface area contributed by atoms with E-state index >= 15 is 0 Å². The Morgan fingerprint density at radius 2 is 2.07 bits per heavy atom. The summed E-state index contributed by atoms with van der Waals surface area (Å²) in [7, 11) is 1.54. The summed E-state index contributed by atoms with van der Waals surface area (Å²) < 4.78 is 5.24. The van der Waals surface area contributed by atoms with Gasteiger partial charge in [-0.1, -0.05) is 43.5 Å². The second-order valence-electron chi connectivity index (χ2n) is 7.24. The van der Waals surface area contributed by atoms with E-state index in [-0.39, 0.29) is 24.1 Å². The molecule has 1 aromatic heterocycles. The molecule has 1 saturated carbocycles. The molecule has 0 radical (unpaired) electrons. The SMILES string of the molecule is COc1ccc(C)cc1NC(=O)CNC(=O)CSc1n[nH]c(CC2CCCC2)n1. The lowest BCUT2D eigenvalue weighted by molar-refractivity contribution is -0.122. The number of methoxy groups -OCH3 is 1. The highest BCUT2D eigenvalue weighted by Gasteiger charge is 2.18. The molecule has 3 rings (SSSR count). The number of thioether (sulfide) groups is 1. The van der Waals surface area contributed by atoms with Crippen LogP contribution in [0.25, 0.3) is 0 Å². The number of hydrogen-bond acceptors (Lipinski definition) is 6. The second-order valence-corrected chi connectivity index (χ2v) is 8.18. The molecule has 2 amide bonds. The van der Waals surface area contributed by atoms with Crippen LogP contribution in [0.15, 0.2) is 23.4 Å². The average Bonchev–Trinajstić information content (AvgIpc) is 3.37. The van der Waals surface area contributed by atoms with Crippen molar-refractivity contribution in [2.45, 2.75) is 44.2 Å². The first-order valence-corrected chi connectivity index (χ1v) is 10.8. The quantitative estimate of drug-likeness (QED) is 0.541. The minimum absolute atomic E-state index is 0.114. The molecule has 3 N–H and O–H groups in total. The molecule has 1 aromatic carbocycles. The first kappa shape index (κ1) is 21.2. The Balaban J connectivity index is 1.39. The van der Waals surface area contributed by atoms with Gasteiger partial charge in [0.05, 0.1) is 25.1 Å². The van der Waals surface area contributed by atoms with Crippen LogP contribution in [-0.4, -0.2) is 46.4 Å². The van der Waals surface area contributed by atoms with Crippen molar-refractivity contribution in [3.8, 4) is 5.75 Å². The molecular formula is C20H27N5O3S. The van der Waals surface area contributed by atoms with Gasteiger partial charge in [0.2, 0.25) is 17.0 Å². The number of benzene rings is 1. The fourth-order valence-electron chi connectivity index (χ4n) is 3.40. The van der Waals surface area contributed by atoms with Gasteiger partial charge in [0.15, 0.2) is 0 Å². The molecule has 156 valence electrons. The van der Waals surface area contributed by atoms with Gasteiger partial charge in [0.25, 0.3) is 0 Å². The second kappa shape index (κ2) is 10.3. The molecule has 1 aliphatic carbocycles. The summed E-state index contributed by atoms with van der Waals surface area (Å²) in [5.41, 5.74) is 1.58. The summed E-state index contributed by atoms with van der Waals surface area (Å²) in [6, 6.07) is 5.51. The summed E-state index contributed by atoms with van der Waals surface area (Å²) in [5.74, 6) is 1.74. The lowest BCUT2D eigenvalue weighted by atomic mass is 10.0. The first-order valence-electron chi connectivity index (χ1n) is 9.78. The van der Waals surface area contributed by atoms with Gasteiger partial charge in [-0.2, -0.15) is 0 Å². The number of rotatable bonds is 9. The number of carbonyl (C=O) groups is 2. The summed E-state index contributed by atoms with van der Waals surface area (Å²) in [4.78, 5) is 28.6. The number of nitrogens with one attached hydrogen (secondary N) is 3. The van der Waals surface area contributed by atoms with Gasteiger partial charge in [-0.05, 0) is 30.5 Å². The fourth-order valence-corrected chi connectivity index (χ4v) is 4.04. The minimum Gasteiger partial charge on any atom is -0.495 e. The van der Waals surface area contributed by atoms with Gasteiger partial charge >= 0.3 is 0 Å². The van der Waals surface area contributed by atoms with Crippen molar-refractivity contribution in [3.63, 3.8) is 0 Å². The Kier molecular flexibility index (Phi) is 7.51. The Hall–Kier alpha value is -2.55. The van der Waals surface area contributed by atoms with E-state index in [4.69, 9.17) is 4.74 Å². The number of nitrogens with zero attached hydrogens (tertiary/aromatic N) is 2. The predicted octanol–water partition coefficient (Wildman–Crippen LogP) is 2.70. The largest absolute Gasteiger partial charge is 0.495 e. The summed E-state index contributed by atoms with van der Waals surface area (Å²) in [6.07, 6.45) is 6.02. The lowest BCUT2D eigenvalue weighted by Crippen LogP contribution is -2.34. The number of aromatic amines is 1. The van der Waals surface area contributed by atoms with Gasteiger partial charge in [-0.3, -0.25) is 14.7 Å². The number of carbonyl (C=O) groups excluding carboxylic acids is 2. The fraction of sp³-hybridized carbons (Fsp3) is 0.500. The lowest BCUT2D eigenvalue weighted by Gasteiger charge is -2.11. The van der Waals surface area contributed by atoms with Crippen LogP contribution in [0.1, 0.15) is 37.1 Å². The number of hydrogen-bond donors (Lipinski definition) is 3. The Bertz CT molecular complexity index is 848. The molecule has 2 aromatic rings. The zero-order valence-electron chi connectivity index (χ0n) is 16.8. The van der Waals surface area contributed by atoms with E-state index in [1.54, 1.807) is 13.2 Å². The van der Waals surface area contributed by atoms with Crippen molar-refractivity contribution >= 4 is 29.3 Å². The number of H-pyrrole nitrogens is 1. The molecule has 0 atom stereocenters. The predicted molar refractivity (Wildman–Crippen MR) is 112 cm³/mol. The van der Waals surface area contributed by atoms with Crippen molar-refractivity contribution in [2.24, 2.45) is 5.92 Å². The van der Waals surface area contributed by atoms with Crippen molar-refractivity contribution in [2.75, 3.05) is 24.7 Å². The van der Waals surface area contributed by atoms with E-state index in [1.165, 1.54) is 37.4 Å². The third-order valence-corrected chi connectivity index (χ3v) is 5.72. The molecule has 1 fully saturated rings. The third-order valence-electron chi connectivity index (χ3n) is 4.88. The van der Waals surface area contributed by atoms with Crippen LogP contribution >= 0.6 is 11.8 Å². The van der Waals surface area contributed by atoms with Crippen molar-refractivity contribution < 1.29 is 14.3 Å². The van der Waals surface area contributed by atoms with E-state index < -0.39 is 0 Å². The topological polar surface area (TPSA) is 109 Å². The normalized spacial score (nSPS) is 14.0. The maximum absolute atomic E-state index is 12.1. The molecule has 0 saturated heterocycles. The third kappa shape index (κ3) is 6.49. The first-order chi connectivity index (χ1) is 14.0. The molecule has 0 unspecified atom stereocenters. The molecule has 0 bridgehead atoms. The summed E-state index contributed by atoms with van der Waals surface area (Å²) >= 11 is 1.25. The van der Waals surface area contributed by atoms with E-state index in [9.17, 15) is 9.59 Å². The van der Waals surface area contributed by atoms with E-state index in [0.29, 0.717) is 22.5 Å². The highest BCUT2D eigenvalue weighted by atomic mass is 32.2. The Morgan fingerprint density at radius 1 is 1.28 bits per heavy atom. The van der Waals surface area contributed by atoms with Gasteiger partial charge in [-0.25, -0.2) is 4.98 Å². The zero-order valence-corrected chi connectivity index (χ0v) is 17.6. The average molecular weight is 418 g/mol. The number of aromatic nitrogens is 3. The summed E-state index contributed by atoms with van der Waals surface area (Å²) in [6.45, 7) is 1.81. The zero-order chi connectivity index (χ0) is 20.6. The van der Waals surface area contributed by atoms with Gasteiger partial charge < -0.3 is 15.4 Å². The van der Waals surface area contributed by atoms with Crippen LogP contribution in [-0.2, 0) is 16.0 Å². The maximum atomic E-state index is 12.1. The van der Waals surface area contributed by atoms with Crippen LogP contribution < -0.4 is 15.4 Å². The van der Waals surface area contributed by atoms with Crippen molar-refractivity contribution in [3.05, 3.63) is 29.6 Å². The maximum Gasteiger partial charge on any atom is 0.243 e. The molecule has 8 nitrogen and oxygen atoms in total. The highest BCUT2D eigenvalue weighted by Crippen LogP contribution is 2.27. The number of aryl methyl sites for hydroxylation is 1. The van der Waals surface area contributed by atoms with Crippen LogP contribution in [0.4, 0.5) is 5.69 Å². The Labute approximate surface area is 174 Å². The number of amides is 2. The molecule has 0 aliphatic heterocycles. The molecule has 1 aliphatic rings. The molecule has 0 spiro atoms. The van der Waals surface area contributed by atoms with Crippen LogP contribution in [0.3, 0.4) is 0 Å². The molecule has 29 heavy (non-hydrogen) atoms. The minimum atomic E-state index is -0.316. The highest BCUT2D eigenvalue weighted by molar-refractivity contribution is 7.99. The van der Waals surface area contributed by atoms with E-state index in [0.717, 1.165) is 17.8 Å². The summed E-state index contributed by atoms with van der Waals surface area (Å²) in [5, 5.41) is 13.0. The van der Waals surface area contributed by atoms with Gasteiger partial charge in [0.1, 0.15) is 11.6 Å². The monoisotopic (exact) mass is 417 g/mol.